The van der Waals surface area contributed by atoms with Gasteiger partial charge in [0.1, 0.15) is 10.6 Å². The smallest absolute Gasteiger partial charge is 0.337 e. The lowest BCUT2D eigenvalue weighted by atomic mass is 10.2. The van der Waals surface area contributed by atoms with Gasteiger partial charge in [0.05, 0.1) is 24.8 Å². The van der Waals surface area contributed by atoms with Gasteiger partial charge >= 0.3 is 5.97 Å². The first-order chi connectivity index (χ1) is 12.7. The molecule has 2 rings (SSSR count). The minimum Gasteiger partial charge on any atom is -0.496 e. The van der Waals surface area contributed by atoms with Gasteiger partial charge in [0.25, 0.3) is 0 Å². The van der Waals surface area contributed by atoms with Crippen LogP contribution in [0.2, 0.25) is 5.02 Å². The van der Waals surface area contributed by atoms with Crippen LogP contribution < -0.4 is 4.74 Å². The molecule has 0 saturated heterocycles. The summed E-state index contributed by atoms with van der Waals surface area (Å²) in [5.74, 6) is 0.0986. The lowest BCUT2D eigenvalue weighted by Gasteiger charge is -2.19. The summed E-state index contributed by atoms with van der Waals surface area (Å²) < 4.78 is 36.9. The van der Waals surface area contributed by atoms with Crippen molar-refractivity contribution in [1.82, 2.24) is 4.31 Å². The van der Waals surface area contributed by atoms with Gasteiger partial charge in [-0.1, -0.05) is 17.7 Å². The molecule has 0 aliphatic rings. The number of esters is 1. The number of ether oxygens (including phenoxy) is 2. The molecule has 2 aromatic rings. The number of carbonyl (C=O) groups is 1. The fourth-order valence-electron chi connectivity index (χ4n) is 2.44. The van der Waals surface area contributed by atoms with Crippen molar-refractivity contribution in [3.05, 3.63) is 52.5 Å². The largest absolute Gasteiger partial charge is 0.496 e. The Morgan fingerprint density at radius 3 is 2.44 bits per heavy atom. The van der Waals surface area contributed by atoms with Crippen molar-refractivity contribution in [2.75, 3.05) is 27.5 Å². The minimum absolute atomic E-state index is 0.0416. The van der Waals surface area contributed by atoms with Crippen LogP contribution >= 0.6 is 23.4 Å². The summed E-state index contributed by atoms with van der Waals surface area (Å²) in [7, 11) is 0.431. The van der Waals surface area contributed by atoms with Crippen LogP contribution in [0, 0.1) is 0 Å². The summed E-state index contributed by atoms with van der Waals surface area (Å²) in [6.45, 7) is 0.141. The Balaban J connectivity index is 2.30. The summed E-state index contributed by atoms with van der Waals surface area (Å²) in [5.41, 5.74) is 0.958. The number of methoxy groups -OCH3 is 2. The molecule has 0 bridgehead atoms. The highest BCUT2D eigenvalue weighted by Crippen LogP contribution is 2.30. The first-order valence-corrected chi connectivity index (χ1v) is 10.8. The van der Waals surface area contributed by atoms with Gasteiger partial charge in [-0.25, -0.2) is 13.2 Å². The number of carbonyl (C=O) groups excluding carboxylic acids is 1. The van der Waals surface area contributed by atoms with Gasteiger partial charge < -0.3 is 9.47 Å². The van der Waals surface area contributed by atoms with Crippen molar-refractivity contribution in [2.45, 2.75) is 16.3 Å². The summed E-state index contributed by atoms with van der Waals surface area (Å²) >= 11 is 7.66. The third kappa shape index (κ3) is 4.76. The zero-order valence-electron chi connectivity index (χ0n) is 15.4. The molecule has 0 amide bonds. The number of benzene rings is 2. The third-order valence-corrected chi connectivity index (χ3v) is 6.96. The van der Waals surface area contributed by atoms with Gasteiger partial charge in [0, 0.05) is 18.5 Å². The van der Waals surface area contributed by atoms with Crippen LogP contribution in [0.3, 0.4) is 0 Å². The fraction of sp³-hybridized carbons (Fsp3) is 0.278. The summed E-state index contributed by atoms with van der Waals surface area (Å²) in [6, 6.07) is 9.50. The number of halogens is 1. The molecular formula is C18H20ClNO5S2. The Hall–Kier alpha value is -1.74. The van der Waals surface area contributed by atoms with Crippen molar-refractivity contribution in [2.24, 2.45) is 0 Å². The van der Waals surface area contributed by atoms with E-state index in [1.54, 1.807) is 24.9 Å². The maximum Gasteiger partial charge on any atom is 0.337 e. The zero-order chi connectivity index (χ0) is 20.2. The normalized spacial score (nSPS) is 11.5. The minimum atomic E-state index is -3.85. The number of nitrogens with zero attached hydrogens (tertiary/aromatic N) is 1. The van der Waals surface area contributed by atoms with E-state index in [0.717, 1.165) is 10.5 Å². The Morgan fingerprint density at radius 1 is 1.19 bits per heavy atom. The molecule has 0 aliphatic heterocycles. The molecule has 27 heavy (non-hydrogen) atoms. The molecule has 0 saturated carbocycles. The maximum atomic E-state index is 12.9. The highest BCUT2D eigenvalue weighted by atomic mass is 35.5. The van der Waals surface area contributed by atoms with E-state index in [-0.39, 0.29) is 22.0 Å². The van der Waals surface area contributed by atoms with Crippen LogP contribution in [0.4, 0.5) is 0 Å². The number of sulfonamides is 1. The van der Waals surface area contributed by atoms with Crippen LogP contribution in [-0.4, -0.2) is 46.2 Å². The molecule has 146 valence electrons. The Bertz CT molecular complexity index is 947. The van der Waals surface area contributed by atoms with Crippen molar-refractivity contribution < 1.29 is 22.7 Å². The van der Waals surface area contributed by atoms with Crippen LogP contribution in [0.1, 0.15) is 15.9 Å². The molecule has 0 radical (unpaired) electrons. The number of hydrogen-bond donors (Lipinski definition) is 0. The van der Waals surface area contributed by atoms with Gasteiger partial charge in [0.15, 0.2) is 0 Å². The first-order valence-electron chi connectivity index (χ1n) is 7.79. The quantitative estimate of drug-likeness (QED) is 0.493. The molecule has 0 spiro atoms. The molecule has 0 aromatic heterocycles. The molecule has 0 fully saturated rings. The molecule has 0 aliphatic carbocycles. The molecule has 0 heterocycles. The Morgan fingerprint density at radius 2 is 1.89 bits per heavy atom. The van der Waals surface area contributed by atoms with E-state index in [9.17, 15) is 13.2 Å². The lowest BCUT2D eigenvalue weighted by molar-refractivity contribution is 0.0600. The summed E-state index contributed by atoms with van der Waals surface area (Å²) in [4.78, 5) is 12.4. The highest BCUT2D eigenvalue weighted by Gasteiger charge is 2.25. The second-order valence-electron chi connectivity index (χ2n) is 5.59. The average Bonchev–Trinajstić information content (AvgIpc) is 2.66. The maximum absolute atomic E-state index is 12.9. The predicted octanol–water partition coefficient (Wildman–Crippen LogP) is 3.68. The van der Waals surface area contributed by atoms with Crippen LogP contribution in [-0.2, 0) is 21.3 Å². The van der Waals surface area contributed by atoms with Gasteiger partial charge in [-0.15, -0.1) is 11.8 Å². The molecule has 2 aromatic carbocycles. The third-order valence-electron chi connectivity index (χ3n) is 3.89. The SMILES string of the molecule is COC(=O)c1ccc(S(=O)(=O)N(C)Cc2ccc(SC)c(OC)c2)c(Cl)c1. The monoisotopic (exact) mass is 429 g/mol. The Labute approximate surface area is 168 Å². The van der Waals surface area contributed by atoms with E-state index in [0.29, 0.717) is 5.75 Å². The number of thioether (sulfide) groups is 1. The lowest BCUT2D eigenvalue weighted by Crippen LogP contribution is -2.27. The second kappa shape index (κ2) is 8.97. The van der Waals surface area contributed by atoms with Crippen molar-refractivity contribution in [3.8, 4) is 5.75 Å². The van der Waals surface area contributed by atoms with Crippen molar-refractivity contribution in [3.63, 3.8) is 0 Å². The van der Waals surface area contributed by atoms with E-state index < -0.39 is 16.0 Å². The second-order valence-corrected chi connectivity index (χ2v) is 8.86. The molecular weight excluding hydrogens is 410 g/mol. The molecule has 0 N–H and O–H groups in total. The van der Waals surface area contributed by atoms with Crippen molar-refractivity contribution >= 4 is 39.4 Å². The first kappa shape index (κ1) is 21.6. The Kier molecular flexibility index (Phi) is 7.16. The molecule has 0 unspecified atom stereocenters. The average molecular weight is 430 g/mol. The zero-order valence-corrected chi connectivity index (χ0v) is 17.7. The van der Waals surface area contributed by atoms with Gasteiger partial charge in [0.2, 0.25) is 10.0 Å². The highest BCUT2D eigenvalue weighted by molar-refractivity contribution is 7.98. The number of hydrogen-bond acceptors (Lipinski definition) is 6. The van der Waals surface area contributed by atoms with E-state index in [4.69, 9.17) is 16.3 Å². The van der Waals surface area contributed by atoms with Crippen LogP contribution in [0.5, 0.6) is 5.75 Å². The topological polar surface area (TPSA) is 72.9 Å². The van der Waals surface area contributed by atoms with Crippen LogP contribution in [0.25, 0.3) is 0 Å². The molecule has 6 nitrogen and oxygen atoms in total. The van der Waals surface area contributed by atoms with E-state index >= 15 is 0 Å². The van der Waals surface area contributed by atoms with Crippen LogP contribution in [0.15, 0.2) is 46.2 Å². The number of rotatable bonds is 7. The fourth-order valence-corrected chi connectivity index (χ4v) is 4.66. The summed E-state index contributed by atoms with van der Waals surface area (Å²) in [6.07, 6.45) is 1.94. The van der Waals surface area contributed by atoms with E-state index in [1.165, 1.54) is 36.7 Å². The molecule has 0 atom stereocenters. The van der Waals surface area contributed by atoms with Gasteiger partial charge in [-0.3, -0.25) is 0 Å². The predicted molar refractivity (Wildman–Crippen MR) is 106 cm³/mol. The van der Waals surface area contributed by atoms with E-state index in [1.807, 2.05) is 18.4 Å². The molecule has 9 heteroatoms. The summed E-state index contributed by atoms with van der Waals surface area (Å²) in [5, 5.41) is -0.0416. The standard InChI is InChI=1S/C18H20ClNO5S2/c1-20(11-12-5-7-16(26-4)15(9-12)24-2)27(22,23)17-8-6-13(10-14(17)19)18(21)25-3/h5-10H,11H2,1-4H3. The van der Waals surface area contributed by atoms with Gasteiger partial charge in [-0.2, -0.15) is 4.31 Å². The van der Waals surface area contributed by atoms with E-state index in [2.05, 4.69) is 4.74 Å². The van der Waals surface area contributed by atoms with Crippen molar-refractivity contribution in [1.29, 1.82) is 0 Å². The van der Waals surface area contributed by atoms with Gasteiger partial charge in [-0.05, 0) is 42.2 Å².